The molecular formula is C14H25N3O4. The Morgan fingerprint density at radius 1 is 1.24 bits per heavy atom. The molecule has 7 heteroatoms. The van der Waals surface area contributed by atoms with Gasteiger partial charge in [0, 0.05) is 6.54 Å². The first-order valence-corrected chi connectivity index (χ1v) is 7.44. The van der Waals surface area contributed by atoms with E-state index in [-0.39, 0.29) is 0 Å². The van der Waals surface area contributed by atoms with E-state index in [1.807, 2.05) is 0 Å². The van der Waals surface area contributed by atoms with Gasteiger partial charge in [0.15, 0.2) is 0 Å². The minimum atomic E-state index is -1.28. The molecule has 0 heterocycles. The lowest BCUT2D eigenvalue weighted by atomic mass is 9.81. The largest absolute Gasteiger partial charge is 0.480 e. The number of amides is 3. The van der Waals surface area contributed by atoms with E-state index in [4.69, 9.17) is 10.8 Å². The number of aliphatic carboxylic acids is 1. The summed E-state index contributed by atoms with van der Waals surface area (Å²) in [5.74, 6) is -0.616. The highest BCUT2D eigenvalue weighted by Gasteiger charge is 2.22. The molecule has 0 spiro atoms. The Morgan fingerprint density at radius 3 is 2.38 bits per heavy atom. The van der Waals surface area contributed by atoms with E-state index in [0.29, 0.717) is 12.5 Å². The van der Waals surface area contributed by atoms with Crippen molar-refractivity contribution in [3.8, 4) is 0 Å². The maximum atomic E-state index is 11.6. The Morgan fingerprint density at radius 2 is 1.86 bits per heavy atom. The number of urea groups is 1. The molecule has 0 saturated heterocycles. The molecule has 3 amide bonds. The van der Waals surface area contributed by atoms with E-state index in [1.54, 1.807) is 0 Å². The SMILES string of the molecule is CC1CCC(CCNC(=O)N[C@@H](CC(N)=O)C(=O)O)CC1. The molecule has 0 radical (unpaired) electrons. The van der Waals surface area contributed by atoms with E-state index >= 15 is 0 Å². The highest BCUT2D eigenvalue weighted by atomic mass is 16.4. The first kappa shape index (κ1) is 17.3. The number of nitrogens with one attached hydrogen (secondary N) is 2. The highest BCUT2D eigenvalue weighted by molar-refractivity contribution is 5.87. The molecule has 1 rings (SSSR count). The Balaban J connectivity index is 2.23. The number of primary amides is 1. The molecular weight excluding hydrogens is 274 g/mol. The zero-order valence-corrected chi connectivity index (χ0v) is 12.4. The number of hydrogen-bond donors (Lipinski definition) is 4. The van der Waals surface area contributed by atoms with Crippen LogP contribution >= 0.6 is 0 Å². The van der Waals surface area contributed by atoms with Gasteiger partial charge in [-0.25, -0.2) is 9.59 Å². The van der Waals surface area contributed by atoms with Crippen molar-refractivity contribution in [1.29, 1.82) is 0 Å². The van der Waals surface area contributed by atoms with E-state index in [0.717, 1.165) is 12.3 Å². The molecule has 0 unspecified atom stereocenters. The quantitative estimate of drug-likeness (QED) is 0.556. The minimum absolute atomic E-state index is 0.413. The van der Waals surface area contributed by atoms with E-state index < -0.39 is 30.4 Å². The number of rotatable bonds is 7. The van der Waals surface area contributed by atoms with Crippen molar-refractivity contribution in [3.05, 3.63) is 0 Å². The van der Waals surface area contributed by atoms with Crippen molar-refractivity contribution < 1.29 is 19.5 Å². The molecule has 1 aliphatic rings. The topological polar surface area (TPSA) is 122 Å². The Hall–Kier alpha value is -1.79. The molecule has 1 aliphatic carbocycles. The predicted molar refractivity (Wildman–Crippen MR) is 77.5 cm³/mol. The van der Waals surface area contributed by atoms with Crippen LogP contribution in [-0.4, -0.2) is 35.6 Å². The zero-order valence-electron chi connectivity index (χ0n) is 12.4. The van der Waals surface area contributed by atoms with Crippen LogP contribution in [0.2, 0.25) is 0 Å². The van der Waals surface area contributed by atoms with E-state index in [2.05, 4.69) is 17.6 Å². The second-order valence-electron chi connectivity index (χ2n) is 5.88. The van der Waals surface area contributed by atoms with Crippen molar-refractivity contribution in [2.45, 2.75) is 51.5 Å². The fraction of sp³-hybridized carbons (Fsp3) is 0.786. The number of nitrogens with two attached hydrogens (primary N) is 1. The summed E-state index contributed by atoms with van der Waals surface area (Å²) in [5, 5.41) is 13.8. The van der Waals surface area contributed by atoms with Gasteiger partial charge in [0.1, 0.15) is 6.04 Å². The molecule has 0 aromatic rings. The first-order chi connectivity index (χ1) is 9.88. The van der Waals surface area contributed by atoms with Gasteiger partial charge in [0.05, 0.1) is 6.42 Å². The minimum Gasteiger partial charge on any atom is -0.480 e. The third-order valence-electron chi connectivity index (χ3n) is 3.98. The Kier molecular flexibility index (Phi) is 6.98. The van der Waals surface area contributed by atoms with Crippen molar-refractivity contribution >= 4 is 17.9 Å². The molecule has 21 heavy (non-hydrogen) atoms. The van der Waals surface area contributed by atoms with Crippen LogP contribution < -0.4 is 16.4 Å². The molecule has 1 saturated carbocycles. The predicted octanol–water partition coefficient (Wildman–Crippen LogP) is 0.831. The first-order valence-electron chi connectivity index (χ1n) is 7.44. The molecule has 0 bridgehead atoms. The number of carbonyl (C=O) groups is 3. The number of carboxylic acids is 1. The zero-order chi connectivity index (χ0) is 15.8. The third-order valence-corrected chi connectivity index (χ3v) is 3.98. The van der Waals surface area contributed by atoms with Gasteiger partial charge < -0.3 is 21.5 Å². The molecule has 0 aliphatic heterocycles. The Bertz CT molecular complexity index is 378. The lowest BCUT2D eigenvalue weighted by molar-refractivity contribution is -0.140. The number of carboxylic acid groups (broad SMARTS) is 1. The summed E-state index contributed by atoms with van der Waals surface area (Å²) in [6.45, 7) is 2.76. The van der Waals surface area contributed by atoms with Crippen LogP contribution in [0.1, 0.15) is 45.4 Å². The van der Waals surface area contributed by atoms with Gasteiger partial charge in [-0.1, -0.05) is 32.6 Å². The summed E-state index contributed by atoms with van der Waals surface area (Å²) in [6, 6.07) is -1.86. The second kappa shape index (κ2) is 8.49. The summed E-state index contributed by atoms with van der Waals surface area (Å²) in [7, 11) is 0. The van der Waals surface area contributed by atoms with Crippen LogP contribution in [-0.2, 0) is 9.59 Å². The van der Waals surface area contributed by atoms with Gasteiger partial charge in [-0.05, 0) is 18.3 Å². The molecule has 7 nitrogen and oxygen atoms in total. The second-order valence-corrected chi connectivity index (χ2v) is 5.88. The third kappa shape index (κ3) is 6.97. The lowest BCUT2D eigenvalue weighted by Crippen LogP contribution is -2.48. The van der Waals surface area contributed by atoms with Crippen LogP contribution in [0, 0.1) is 11.8 Å². The van der Waals surface area contributed by atoms with Gasteiger partial charge >= 0.3 is 12.0 Å². The molecule has 1 fully saturated rings. The smallest absolute Gasteiger partial charge is 0.326 e. The summed E-state index contributed by atoms with van der Waals surface area (Å²) in [6.07, 6.45) is 5.32. The summed E-state index contributed by atoms with van der Waals surface area (Å²) < 4.78 is 0. The van der Waals surface area contributed by atoms with E-state index in [1.165, 1.54) is 25.7 Å². The maximum absolute atomic E-state index is 11.6. The normalized spacial score (nSPS) is 23.1. The lowest BCUT2D eigenvalue weighted by Gasteiger charge is -2.26. The van der Waals surface area contributed by atoms with Crippen molar-refractivity contribution in [3.63, 3.8) is 0 Å². The van der Waals surface area contributed by atoms with Crippen molar-refractivity contribution in [2.24, 2.45) is 17.6 Å². The molecule has 0 aromatic carbocycles. The standard InChI is InChI=1S/C14H25N3O4/c1-9-2-4-10(5-3-9)6-7-16-14(21)17-11(13(19)20)8-12(15)18/h9-11H,2-8H2,1H3,(H2,15,18)(H,19,20)(H2,16,17,21)/t9?,10?,11-/m0/s1. The number of hydrogen-bond acceptors (Lipinski definition) is 3. The van der Waals surface area contributed by atoms with Crippen LogP contribution in [0.4, 0.5) is 4.79 Å². The fourth-order valence-electron chi connectivity index (χ4n) is 2.62. The van der Waals surface area contributed by atoms with Gasteiger partial charge in [-0.15, -0.1) is 0 Å². The maximum Gasteiger partial charge on any atom is 0.326 e. The van der Waals surface area contributed by atoms with E-state index in [9.17, 15) is 14.4 Å². The summed E-state index contributed by atoms with van der Waals surface area (Å²) >= 11 is 0. The molecule has 120 valence electrons. The van der Waals surface area contributed by atoms with Gasteiger partial charge in [0.25, 0.3) is 0 Å². The van der Waals surface area contributed by atoms with Crippen LogP contribution in [0.3, 0.4) is 0 Å². The monoisotopic (exact) mass is 299 g/mol. The van der Waals surface area contributed by atoms with Crippen LogP contribution in [0.25, 0.3) is 0 Å². The van der Waals surface area contributed by atoms with Gasteiger partial charge in [0.2, 0.25) is 5.91 Å². The van der Waals surface area contributed by atoms with Crippen LogP contribution in [0.5, 0.6) is 0 Å². The van der Waals surface area contributed by atoms with Crippen LogP contribution in [0.15, 0.2) is 0 Å². The fourth-order valence-corrected chi connectivity index (χ4v) is 2.62. The average molecular weight is 299 g/mol. The molecule has 1 atom stereocenters. The van der Waals surface area contributed by atoms with Gasteiger partial charge in [-0.3, -0.25) is 4.79 Å². The summed E-state index contributed by atoms with van der Waals surface area (Å²) in [4.78, 5) is 33.2. The average Bonchev–Trinajstić information content (AvgIpc) is 2.39. The molecule has 0 aromatic heterocycles. The number of carbonyl (C=O) groups excluding carboxylic acids is 2. The molecule has 5 N–H and O–H groups in total. The van der Waals surface area contributed by atoms with Gasteiger partial charge in [-0.2, -0.15) is 0 Å². The Labute approximate surface area is 124 Å². The summed E-state index contributed by atoms with van der Waals surface area (Å²) in [5.41, 5.74) is 4.94. The highest BCUT2D eigenvalue weighted by Crippen LogP contribution is 2.29. The van der Waals surface area contributed by atoms with Crippen molar-refractivity contribution in [1.82, 2.24) is 10.6 Å². The van der Waals surface area contributed by atoms with Crippen molar-refractivity contribution in [2.75, 3.05) is 6.54 Å².